The number of imide groups is 1. The van der Waals surface area contributed by atoms with E-state index in [1.807, 2.05) is 25.7 Å². The van der Waals surface area contributed by atoms with Crippen molar-refractivity contribution in [3.05, 3.63) is 0 Å². The van der Waals surface area contributed by atoms with Gasteiger partial charge >= 0.3 is 0 Å². The third-order valence-electron chi connectivity index (χ3n) is 9.34. The number of unbranched alkanes of at least 4 members (excludes halogenated alkanes) is 2. The van der Waals surface area contributed by atoms with Gasteiger partial charge in [0.05, 0.1) is 5.92 Å². The molecular formula is C30H51N3O4. The van der Waals surface area contributed by atoms with Gasteiger partial charge in [-0.2, -0.15) is 0 Å². The fourth-order valence-corrected chi connectivity index (χ4v) is 6.32. The molecule has 0 aromatic heterocycles. The number of likely N-dealkylation sites (tertiary alicyclic amines) is 2. The van der Waals surface area contributed by atoms with Gasteiger partial charge in [0.15, 0.2) is 0 Å². The molecule has 2 heterocycles. The van der Waals surface area contributed by atoms with Crippen molar-refractivity contribution in [3.63, 3.8) is 0 Å². The van der Waals surface area contributed by atoms with Crippen LogP contribution in [-0.4, -0.2) is 59.6 Å². The molecule has 0 bridgehead atoms. The van der Waals surface area contributed by atoms with Crippen molar-refractivity contribution in [1.29, 1.82) is 0 Å². The zero-order valence-corrected chi connectivity index (χ0v) is 24.0. The van der Waals surface area contributed by atoms with Crippen LogP contribution in [0.25, 0.3) is 0 Å². The van der Waals surface area contributed by atoms with E-state index in [1.165, 1.54) is 11.3 Å². The van der Waals surface area contributed by atoms with Crippen LogP contribution >= 0.6 is 0 Å². The van der Waals surface area contributed by atoms with Gasteiger partial charge in [-0.15, -0.1) is 0 Å². The van der Waals surface area contributed by atoms with Gasteiger partial charge in [0.1, 0.15) is 0 Å². The number of nitrogens with one attached hydrogen (secondary N) is 1. The second kappa shape index (κ2) is 13.2. The number of rotatable bonds is 11. The molecule has 2 aliphatic heterocycles. The molecule has 2 saturated heterocycles. The van der Waals surface area contributed by atoms with Crippen LogP contribution in [0.3, 0.4) is 0 Å². The number of carbonyl (C=O) groups is 4. The monoisotopic (exact) mass is 517 g/mol. The summed E-state index contributed by atoms with van der Waals surface area (Å²) in [6, 6.07) is 0. The lowest BCUT2D eigenvalue weighted by Crippen LogP contribution is -2.39. The van der Waals surface area contributed by atoms with Gasteiger partial charge in [0.2, 0.25) is 23.6 Å². The van der Waals surface area contributed by atoms with Crippen LogP contribution in [0.1, 0.15) is 105 Å². The largest absolute Gasteiger partial charge is 0.356 e. The molecular weight excluding hydrogens is 466 g/mol. The van der Waals surface area contributed by atoms with Gasteiger partial charge < -0.3 is 10.2 Å². The first-order valence-corrected chi connectivity index (χ1v) is 14.9. The standard InChI is InChI=1S/C30H51N3O4/c1-6-21(2)24-15-17-32(20-24)26(34)10-8-7-9-16-31-28(36)23-13-11-22(12-14-23)19-33-27(35)18-25(29(33)37)30(3,4)5/h21-25H,6-20H2,1-5H3,(H,31,36)/t21?,22?,23?,24-,25?/m1/s1. The number of hydrogen-bond donors (Lipinski definition) is 1. The molecule has 4 amide bonds. The Kier molecular flexibility index (Phi) is 10.6. The minimum atomic E-state index is -0.220. The minimum Gasteiger partial charge on any atom is -0.356 e. The molecule has 3 aliphatic rings. The van der Waals surface area contributed by atoms with E-state index in [2.05, 4.69) is 19.2 Å². The normalized spacial score (nSPS) is 27.6. The third-order valence-corrected chi connectivity index (χ3v) is 9.34. The molecule has 3 rings (SSSR count). The second-order valence-electron chi connectivity index (χ2n) is 13.1. The van der Waals surface area contributed by atoms with Gasteiger partial charge in [-0.25, -0.2) is 0 Å². The first kappa shape index (κ1) is 29.6. The average molecular weight is 518 g/mol. The second-order valence-corrected chi connectivity index (χ2v) is 13.1. The highest BCUT2D eigenvalue weighted by atomic mass is 16.2. The van der Waals surface area contributed by atoms with E-state index in [1.54, 1.807) is 0 Å². The summed E-state index contributed by atoms with van der Waals surface area (Å²) in [5, 5.41) is 3.09. The average Bonchev–Trinajstić information content (AvgIpc) is 3.47. The first-order valence-electron chi connectivity index (χ1n) is 14.9. The summed E-state index contributed by atoms with van der Waals surface area (Å²) in [6.45, 7) is 13.6. The molecule has 7 nitrogen and oxygen atoms in total. The van der Waals surface area contributed by atoms with E-state index in [0.29, 0.717) is 43.7 Å². The Labute approximate surface area is 224 Å². The number of carbonyl (C=O) groups excluding carboxylic acids is 4. The lowest BCUT2D eigenvalue weighted by atomic mass is 9.79. The lowest BCUT2D eigenvalue weighted by molar-refractivity contribution is -0.141. The Balaban J connectivity index is 1.26. The van der Waals surface area contributed by atoms with Gasteiger partial charge in [-0.05, 0) is 68.1 Å². The Morgan fingerprint density at radius 1 is 1.03 bits per heavy atom. The van der Waals surface area contributed by atoms with E-state index in [0.717, 1.165) is 64.5 Å². The molecule has 1 N–H and O–H groups in total. The van der Waals surface area contributed by atoms with Crippen LogP contribution in [0.5, 0.6) is 0 Å². The fourth-order valence-electron chi connectivity index (χ4n) is 6.32. The molecule has 0 aromatic carbocycles. The summed E-state index contributed by atoms with van der Waals surface area (Å²) in [5.41, 5.74) is -0.197. The van der Waals surface area contributed by atoms with Crippen molar-refractivity contribution in [1.82, 2.24) is 15.1 Å². The highest BCUT2D eigenvalue weighted by Gasteiger charge is 2.45. The summed E-state index contributed by atoms with van der Waals surface area (Å²) >= 11 is 0. The van der Waals surface area contributed by atoms with Gasteiger partial charge in [0.25, 0.3) is 0 Å². The topological polar surface area (TPSA) is 86.8 Å². The molecule has 0 spiro atoms. The van der Waals surface area contributed by atoms with Crippen LogP contribution in [0, 0.1) is 35.0 Å². The molecule has 210 valence electrons. The molecule has 1 saturated carbocycles. The molecule has 0 aromatic rings. The van der Waals surface area contributed by atoms with Crippen molar-refractivity contribution in [2.45, 2.75) is 105 Å². The highest BCUT2D eigenvalue weighted by Crippen LogP contribution is 2.37. The molecule has 2 unspecified atom stereocenters. The SMILES string of the molecule is CCC(C)[C@@H]1CCN(C(=O)CCCCCNC(=O)C2CCC(CN3C(=O)CC(C(C)(C)C)C3=O)CC2)C1. The predicted octanol–water partition coefficient (Wildman–Crippen LogP) is 4.79. The van der Waals surface area contributed by atoms with E-state index >= 15 is 0 Å². The fraction of sp³-hybridized carbons (Fsp3) is 0.867. The summed E-state index contributed by atoms with van der Waals surface area (Å²) in [7, 11) is 0. The Bertz CT molecular complexity index is 812. The van der Waals surface area contributed by atoms with Crippen molar-refractivity contribution in [2.24, 2.45) is 35.0 Å². The Hall–Kier alpha value is -1.92. The van der Waals surface area contributed by atoms with Crippen LogP contribution < -0.4 is 5.32 Å². The van der Waals surface area contributed by atoms with Crippen molar-refractivity contribution < 1.29 is 19.2 Å². The lowest BCUT2D eigenvalue weighted by Gasteiger charge is -2.31. The zero-order valence-electron chi connectivity index (χ0n) is 24.0. The molecule has 37 heavy (non-hydrogen) atoms. The van der Waals surface area contributed by atoms with E-state index in [4.69, 9.17) is 0 Å². The maximum Gasteiger partial charge on any atom is 0.233 e. The van der Waals surface area contributed by atoms with Crippen LogP contribution in [0.4, 0.5) is 0 Å². The maximum absolute atomic E-state index is 12.8. The van der Waals surface area contributed by atoms with E-state index in [-0.39, 0.29) is 40.9 Å². The molecule has 1 aliphatic carbocycles. The van der Waals surface area contributed by atoms with E-state index in [9.17, 15) is 19.2 Å². The number of nitrogens with zero attached hydrogens (tertiary/aromatic N) is 2. The summed E-state index contributed by atoms with van der Waals surface area (Å²) in [5.74, 6) is 1.81. The highest BCUT2D eigenvalue weighted by molar-refractivity contribution is 6.03. The number of amides is 4. The van der Waals surface area contributed by atoms with Gasteiger partial charge in [-0.3, -0.25) is 24.1 Å². The van der Waals surface area contributed by atoms with Crippen molar-refractivity contribution in [3.8, 4) is 0 Å². The van der Waals surface area contributed by atoms with Crippen molar-refractivity contribution in [2.75, 3.05) is 26.2 Å². The van der Waals surface area contributed by atoms with Crippen LogP contribution in [-0.2, 0) is 19.2 Å². The Morgan fingerprint density at radius 2 is 1.73 bits per heavy atom. The summed E-state index contributed by atoms with van der Waals surface area (Å²) in [6.07, 6.45) is 9.39. The molecule has 3 fully saturated rings. The maximum atomic E-state index is 12.8. The quantitative estimate of drug-likeness (QED) is 0.315. The number of hydrogen-bond acceptors (Lipinski definition) is 4. The predicted molar refractivity (Wildman–Crippen MR) is 145 cm³/mol. The minimum absolute atomic E-state index is 0.0187. The summed E-state index contributed by atoms with van der Waals surface area (Å²) in [4.78, 5) is 53.9. The molecule has 0 radical (unpaired) electrons. The van der Waals surface area contributed by atoms with Gasteiger partial charge in [-0.1, -0.05) is 47.5 Å². The molecule has 7 heteroatoms. The van der Waals surface area contributed by atoms with Gasteiger partial charge in [0, 0.05) is 44.9 Å². The zero-order chi connectivity index (χ0) is 27.2. The van der Waals surface area contributed by atoms with E-state index < -0.39 is 0 Å². The smallest absolute Gasteiger partial charge is 0.233 e. The van der Waals surface area contributed by atoms with Crippen molar-refractivity contribution >= 4 is 23.6 Å². The third kappa shape index (κ3) is 8.03. The Morgan fingerprint density at radius 3 is 2.35 bits per heavy atom. The van der Waals surface area contributed by atoms with Crippen LogP contribution in [0.15, 0.2) is 0 Å². The summed E-state index contributed by atoms with van der Waals surface area (Å²) < 4.78 is 0. The van der Waals surface area contributed by atoms with Crippen LogP contribution in [0.2, 0.25) is 0 Å². The molecule has 3 atom stereocenters. The first-order chi connectivity index (χ1) is 17.5.